The number of carbonyl (C=O) groups excluding carboxylic acids is 1. The summed E-state index contributed by atoms with van der Waals surface area (Å²) in [6, 6.07) is 11.4. The largest absolute Gasteiger partial charge is 0.492 e. The maximum absolute atomic E-state index is 12.2. The van der Waals surface area contributed by atoms with E-state index in [9.17, 15) is 4.79 Å². The molecule has 1 aliphatic rings. The van der Waals surface area contributed by atoms with Gasteiger partial charge in [0.05, 0.1) is 17.3 Å². The van der Waals surface area contributed by atoms with E-state index in [0.29, 0.717) is 24.0 Å². The van der Waals surface area contributed by atoms with E-state index >= 15 is 0 Å². The minimum absolute atomic E-state index is 0.254. The smallest absolute Gasteiger partial charge is 0.363 e. The fourth-order valence-electron chi connectivity index (χ4n) is 2.52. The Morgan fingerprint density at radius 2 is 1.96 bits per heavy atom. The molecule has 5 nitrogen and oxygen atoms in total. The summed E-state index contributed by atoms with van der Waals surface area (Å²) in [7, 11) is 1.60. The number of benzene rings is 2. The lowest BCUT2D eigenvalue weighted by atomic mass is 10.1. The SMILES string of the molecule is CCOc1cc(/C=C2/N=C(c3ccc(C)cc3)OC2=O)cc(I)c1OC. The Balaban J connectivity index is 1.96. The van der Waals surface area contributed by atoms with Crippen LogP contribution in [0.2, 0.25) is 0 Å². The third-order valence-electron chi connectivity index (χ3n) is 3.76. The molecule has 0 fully saturated rings. The van der Waals surface area contributed by atoms with Gasteiger partial charge in [-0.3, -0.25) is 0 Å². The molecule has 0 bridgehead atoms. The number of carbonyl (C=O) groups is 1. The molecule has 26 heavy (non-hydrogen) atoms. The monoisotopic (exact) mass is 463 g/mol. The predicted octanol–water partition coefficient (Wildman–Crippen LogP) is 4.35. The molecule has 0 atom stereocenters. The highest BCUT2D eigenvalue weighted by molar-refractivity contribution is 14.1. The molecule has 0 unspecified atom stereocenters. The van der Waals surface area contributed by atoms with Gasteiger partial charge in [0.1, 0.15) is 0 Å². The van der Waals surface area contributed by atoms with Crippen LogP contribution < -0.4 is 9.47 Å². The summed E-state index contributed by atoms with van der Waals surface area (Å²) in [5.74, 6) is 1.15. The van der Waals surface area contributed by atoms with Gasteiger partial charge >= 0.3 is 5.97 Å². The number of halogens is 1. The zero-order valence-electron chi connectivity index (χ0n) is 14.7. The first-order chi connectivity index (χ1) is 12.5. The second-order valence-corrected chi connectivity index (χ2v) is 6.83. The lowest BCUT2D eigenvalue weighted by Crippen LogP contribution is -2.05. The second kappa shape index (κ2) is 7.90. The molecule has 2 aromatic rings. The van der Waals surface area contributed by atoms with Gasteiger partial charge in [-0.25, -0.2) is 9.79 Å². The molecule has 0 radical (unpaired) electrons. The van der Waals surface area contributed by atoms with E-state index in [1.165, 1.54) is 0 Å². The van der Waals surface area contributed by atoms with Crippen LogP contribution in [0.5, 0.6) is 11.5 Å². The maximum atomic E-state index is 12.2. The highest BCUT2D eigenvalue weighted by atomic mass is 127. The number of rotatable bonds is 5. The van der Waals surface area contributed by atoms with Crippen LogP contribution in [0.25, 0.3) is 6.08 Å². The Labute approximate surface area is 165 Å². The van der Waals surface area contributed by atoms with Gasteiger partial charge in [-0.15, -0.1) is 0 Å². The summed E-state index contributed by atoms with van der Waals surface area (Å²) in [6.07, 6.45) is 1.69. The molecule has 3 rings (SSSR count). The highest BCUT2D eigenvalue weighted by Gasteiger charge is 2.24. The molecule has 0 N–H and O–H groups in total. The lowest BCUT2D eigenvalue weighted by molar-refractivity contribution is -0.129. The molecular weight excluding hydrogens is 445 g/mol. The number of aliphatic imine (C=N–C) groups is 1. The van der Waals surface area contributed by atoms with E-state index in [2.05, 4.69) is 27.6 Å². The molecule has 1 heterocycles. The molecule has 1 aliphatic heterocycles. The van der Waals surface area contributed by atoms with E-state index in [4.69, 9.17) is 14.2 Å². The molecule has 0 amide bonds. The predicted molar refractivity (Wildman–Crippen MR) is 109 cm³/mol. The van der Waals surface area contributed by atoms with E-state index in [0.717, 1.165) is 20.3 Å². The van der Waals surface area contributed by atoms with Crippen LogP contribution in [0, 0.1) is 10.5 Å². The summed E-state index contributed by atoms with van der Waals surface area (Å²) >= 11 is 2.17. The van der Waals surface area contributed by atoms with Gasteiger partial charge in [0.25, 0.3) is 0 Å². The molecule has 0 saturated heterocycles. The zero-order chi connectivity index (χ0) is 18.7. The molecule has 2 aromatic carbocycles. The number of hydrogen-bond acceptors (Lipinski definition) is 5. The summed E-state index contributed by atoms with van der Waals surface area (Å²) < 4.78 is 17.2. The van der Waals surface area contributed by atoms with Crippen LogP contribution >= 0.6 is 22.6 Å². The first-order valence-electron chi connectivity index (χ1n) is 8.11. The average molecular weight is 463 g/mol. The van der Waals surface area contributed by atoms with Crippen LogP contribution in [-0.4, -0.2) is 25.6 Å². The third kappa shape index (κ3) is 3.90. The van der Waals surface area contributed by atoms with Crippen LogP contribution in [0.3, 0.4) is 0 Å². The summed E-state index contributed by atoms with van der Waals surface area (Å²) in [5, 5.41) is 0. The van der Waals surface area contributed by atoms with Crippen LogP contribution in [0.15, 0.2) is 47.1 Å². The molecule has 134 valence electrons. The van der Waals surface area contributed by atoms with Crippen LogP contribution in [0.1, 0.15) is 23.6 Å². The van der Waals surface area contributed by atoms with Crippen molar-refractivity contribution in [1.29, 1.82) is 0 Å². The van der Waals surface area contributed by atoms with Crippen molar-refractivity contribution in [2.24, 2.45) is 4.99 Å². The Hall–Kier alpha value is -2.35. The van der Waals surface area contributed by atoms with Crippen molar-refractivity contribution >= 4 is 40.5 Å². The van der Waals surface area contributed by atoms with E-state index < -0.39 is 5.97 Å². The van der Waals surface area contributed by atoms with Crippen molar-refractivity contribution < 1.29 is 19.0 Å². The van der Waals surface area contributed by atoms with Crippen molar-refractivity contribution in [2.75, 3.05) is 13.7 Å². The Kier molecular flexibility index (Phi) is 5.61. The first kappa shape index (κ1) is 18.4. The number of aryl methyl sites for hydroxylation is 1. The van der Waals surface area contributed by atoms with Crippen molar-refractivity contribution in [1.82, 2.24) is 0 Å². The summed E-state index contributed by atoms with van der Waals surface area (Å²) in [5.41, 5.74) is 2.95. The van der Waals surface area contributed by atoms with Gasteiger partial charge in [-0.1, -0.05) is 17.7 Å². The fraction of sp³-hybridized carbons (Fsp3) is 0.200. The Morgan fingerprint density at radius 1 is 1.23 bits per heavy atom. The van der Waals surface area contributed by atoms with E-state index in [1.807, 2.05) is 50.2 Å². The number of methoxy groups -OCH3 is 1. The van der Waals surface area contributed by atoms with E-state index in [-0.39, 0.29) is 5.70 Å². The number of nitrogens with zero attached hydrogens (tertiary/aromatic N) is 1. The minimum atomic E-state index is -0.468. The Morgan fingerprint density at radius 3 is 2.62 bits per heavy atom. The van der Waals surface area contributed by atoms with Crippen LogP contribution in [0.4, 0.5) is 0 Å². The zero-order valence-corrected chi connectivity index (χ0v) is 16.9. The molecule has 0 aliphatic carbocycles. The van der Waals surface area contributed by atoms with Crippen molar-refractivity contribution in [3.8, 4) is 11.5 Å². The molecule has 0 saturated carbocycles. The number of cyclic esters (lactones) is 1. The summed E-state index contributed by atoms with van der Waals surface area (Å²) in [4.78, 5) is 16.5. The molecule has 0 spiro atoms. The molecule has 6 heteroatoms. The quantitative estimate of drug-likeness (QED) is 0.376. The maximum Gasteiger partial charge on any atom is 0.363 e. The lowest BCUT2D eigenvalue weighted by Gasteiger charge is -2.12. The third-order valence-corrected chi connectivity index (χ3v) is 4.56. The number of ether oxygens (including phenoxy) is 3. The van der Waals surface area contributed by atoms with Gasteiger partial charge < -0.3 is 14.2 Å². The van der Waals surface area contributed by atoms with Crippen LogP contribution in [-0.2, 0) is 9.53 Å². The van der Waals surface area contributed by atoms with Gasteiger partial charge in [0.2, 0.25) is 5.90 Å². The fourth-order valence-corrected chi connectivity index (χ4v) is 3.36. The molecule has 0 aromatic heterocycles. The number of hydrogen-bond donors (Lipinski definition) is 0. The van der Waals surface area contributed by atoms with Gasteiger partial charge in [0.15, 0.2) is 17.2 Å². The van der Waals surface area contributed by atoms with Crippen molar-refractivity contribution in [3.63, 3.8) is 0 Å². The van der Waals surface area contributed by atoms with Crippen molar-refractivity contribution in [3.05, 3.63) is 62.4 Å². The van der Waals surface area contributed by atoms with Gasteiger partial charge in [0, 0.05) is 5.56 Å². The van der Waals surface area contributed by atoms with Gasteiger partial charge in [-0.2, -0.15) is 0 Å². The second-order valence-electron chi connectivity index (χ2n) is 5.67. The Bertz CT molecular complexity index is 901. The van der Waals surface area contributed by atoms with E-state index in [1.54, 1.807) is 13.2 Å². The molecular formula is C20H18INO4. The van der Waals surface area contributed by atoms with Crippen molar-refractivity contribution in [2.45, 2.75) is 13.8 Å². The highest BCUT2D eigenvalue weighted by Crippen LogP contribution is 2.35. The average Bonchev–Trinajstić information content (AvgIpc) is 2.96. The first-order valence-corrected chi connectivity index (χ1v) is 9.19. The summed E-state index contributed by atoms with van der Waals surface area (Å²) in [6.45, 7) is 4.42. The minimum Gasteiger partial charge on any atom is -0.492 e. The van der Waals surface area contributed by atoms with Gasteiger partial charge in [-0.05, 0) is 72.3 Å². The standard InChI is InChI=1S/C20H18INO4/c1-4-25-17-11-13(9-15(21)18(17)24-3)10-16-20(23)26-19(22-16)14-7-5-12(2)6-8-14/h5-11H,4H2,1-3H3/b16-10+. The normalized spacial score (nSPS) is 15.0. The topological polar surface area (TPSA) is 57.1 Å². The number of esters is 1.